The van der Waals surface area contributed by atoms with E-state index in [1.165, 1.54) is 0 Å². The van der Waals surface area contributed by atoms with Crippen LogP contribution in [0.25, 0.3) is 21.8 Å². The lowest BCUT2D eigenvalue weighted by atomic mass is 10.1. The van der Waals surface area contributed by atoms with Crippen molar-refractivity contribution in [3.63, 3.8) is 0 Å². The Morgan fingerprint density at radius 1 is 1.03 bits per heavy atom. The highest BCUT2D eigenvalue weighted by Gasteiger charge is 2.14. The van der Waals surface area contributed by atoms with E-state index in [0.717, 1.165) is 0 Å². The zero-order valence-electron chi connectivity index (χ0n) is 16.4. The highest BCUT2D eigenvalue weighted by atomic mass is 16.5. The number of hydrogen-bond donors (Lipinski definition) is 1. The Morgan fingerprint density at radius 3 is 2.27 bits per heavy atom. The molecule has 6 nitrogen and oxygen atoms in total. The molecule has 0 saturated heterocycles. The van der Waals surface area contributed by atoms with Crippen molar-refractivity contribution in [1.82, 2.24) is 4.57 Å². The molecule has 6 heteroatoms. The molecule has 1 heterocycles. The fraction of sp³-hybridized carbons (Fsp3) is 0.125. The first-order chi connectivity index (χ1) is 14.6. The molecule has 1 N–H and O–H groups in total. The predicted molar refractivity (Wildman–Crippen MR) is 117 cm³/mol. The molecule has 0 aliphatic rings. The van der Waals surface area contributed by atoms with Gasteiger partial charge in [-0.1, -0.05) is 24.3 Å². The van der Waals surface area contributed by atoms with Crippen LogP contribution in [0.2, 0.25) is 0 Å². The van der Waals surface area contributed by atoms with Crippen LogP contribution in [0.1, 0.15) is 12.5 Å². The van der Waals surface area contributed by atoms with Crippen LogP contribution < -0.4 is 15.5 Å². The standard InChI is InChI=1S/C24H19N3O3/c1-2-30-22-12-11-16(14-25)13-19(22)26-23(28)15-27-20-9-5-3-7-17(20)24(29)18-8-4-6-10-21(18)27/h3-13H,2,15H2,1H3,(H,26,28). The second-order valence-corrected chi connectivity index (χ2v) is 6.75. The molecule has 0 radical (unpaired) electrons. The zero-order valence-corrected chi connectivity index (χ0v) is 16.4. The Morgan fingerprint density at radius 2 is 1.67 bits per heavy atom. The third-order valence-corrected chi connectivity index (χ3v) is 4.86. The van der Waals surface area contributed by atoms with Crippen molar-refractivity contribution in [2.24, 2.45) is 0 Å². The maximum atomic E-state index is 13.0. The number of rotatable bonds is 5. The lowest BCUT2D eigenvalue weighted by Gasteiger charge is -2.16. The minimum Gasteiger partial charge on any atom is -0.492 e. The van der Waals surface area contributed by atoms with Crippen LogP contribution in [0.5, 0.6) is 5.75 Å². The molecule has 4 aromatic rings. The van der Waals surface area contributed by atoms with Gasteiger partial charge in [-0.05, 0) is 49.4 Å². The number of aromatic nitrogens is 1. The van der Waals surface area contributed by atoms with Crippen molar-refractivity contribution in [2.75, 3.05) is 11.9 Å². The van der Waals surface area contributed by atoms with Crippen molar-refractivity contribution in [3.8, 4) is 11.8 Å². The van der Waals surface area contributed by atoms with Gasteiger partial charge in [-0.15, -0.1) is 0 Å². The van der Waals surface area contributed by atoms with Crippen LogP contribution in [0, 0.1) is 11.3 Å². The maximum Gasteiger partial charge on any atom is 0.244 e. The van der Waals surface area contributed by atoms with Crippen molar-refractivity contribution in [3.05, 3.63) is 82.5 Å². The summed E-state index contributed by atoms with van der Waals surface area (Å²) in [6.07, 6.45) is 0. The first-order valence-corrected chi connectivity index (χ1v) is 9.59. The van der Waals surface area contributed by atoms with Crippen molar-refractivity contribution in [2.45, 2.75) is 13.5 Å². The number of nitrogens with zero attached hydrogens (tertiary/aromatic N) is 2. The number of fused-ring (bicyclic) bond motifs is 2. The number of pyridine rings is 1. The summed E-state index contributed by atoms with van der Waals surface area (Å²) < 4.78 is 7.40. The molecule has 0 saturated carbocycles. The number of nitriles is 1. The van der Waals surface area contributed by atoms with E-state index >= 15 is 0 Å². The van der Waals surface area contributed by atoms with E-state index in [4.69, 9.17) is 4.74 Å². The Bertz CT molecular complexity index is 1310. The van der Waals surface area contributed by atoms with Gasteiger partial charge >= 0.3 is 0 Å². The molecule has 0 atom stereocenters. The maximum absolute atomic E-state index is 13.0. The van der Waals surface area contributed by atoms with E-state index in [2.05, 4.69) is 11.4 Å². The first kappa shape index (κ1) is 19.2. The Hall–Kier alpha value is -4.11. The predicted octanol–water partition coefficient (Wildman–Crippen LogP) is 4.06. The normalized spacial score (nSPS) is 10.7. The van der Waals surface area contributed by atoms with Gasteiger partial charge in [-0.25, -0.2) is 0 Å². The average molecular weight is 397 g/mol. The molecular weight excluding hydrogens is 378 g/mol. The number of carbonyl (C=O) groups is 1. The van der Waals surface area contributed by atoms with E-state index in [0.29, 0.717) is 45.4 Å². The molecule has 4 rings (SSSR count). The summed E-state index contributed by atoms with van der Waals surface area (Å²) in [6.45, 7) is 2.29. The summed E-state index contributed by atoms with van der Waals surface area (Å²) in [4.78, 5) is 25.8. The van der Waals surface area contributed by atoms with Crippen molar-refractivity contribution < 1.29 is 9.53 Å². The van der Waals surface area contributed by atoms with Gasteiger partial charge in [0, 0.05) is 10.8 Å². The quantitative estimate of drug-likeness (QED) is 0.515. The SMILES string of the molecule is CCOc1ccc(C#N)cc1NC(=O)Cn1c2ccccc2c(=O)c2ccccc21. The molecule has 0 bridgehead atoms. The Labute approximate surface area is 172 Å². The number of anilines is 1. The van der Waals surface area contributed by atoms with Gasteiger partial charge in [-0.3, -0.25) is 9.59 Å². The minimum absolute atomic E-state index is 0.00362. The number of benzene rings is 3. The first-order valence-electron chi connectivity index (χ1n) is 9.59. The van der Waals surface area contributed by atoms with Gasteiger partial charge in [0.1, 0.15) is 12.3 Å². The van der Waals surface area contributed by atoms with Gasteiger partial charge in [0.05, 0.1) is 35.0 Å². The minimum atomic E-state index is -0.287. The summed E-state index contributed by atoms with van der Waals surface area (Å²) in [7, 11) is 0. The molecule has 1 aromatic heterocycles. The van der Waals surface area contributed by atoms with Crippen LogP contribution in [0.15, 0.2) is 71.5 Å². The lowest BCUT2D eigenvalue weighted by Crippen LogP contribution is -2.22. The summed E-state index contributed by atoms with van der Waals surface area (Å²) in [5.41, 5.74) is 2.18. The second-order valence-electron chi connectivity index (χ2n) is 6.75. The number of amides is 1. The monoisotopic (exact) mass is 397 g/mol. The van der Waals surface area contributed by atoms with Gasteiger partial charge in [-0.2, -0.15) is 5.26 Å². The van der Waals surface area contributed by atoms with Gasteiger partial charge in [0.25, 0.3) is 0 Å². The van der Waals surface area contributed by atoms with E-state index < -0.39 is 0 Å². The van der Waals surface area contributed by atoms with Crippen molar-refractivity contribution in [1.29, 1.82) is 5.26 Å². The van der Waals surface area contributed by atoms with E-state index in [1.54, 1.807) is 30.3 Å². The summed E-state index contributed by atoms with van der Waals surface area (Å²) >= 11 is 0. The van der Waals surface area contributed by atoms with Gasteiger partial charge in [0.15, 0.2) is 5.43 Å². The molecule has 0 spiro atoms. The molecule has 30 heavy (non-hydrogen) atoms. The molecule has 0 unspecified atom stereocenters. The number of carbonyl (C=O) groups excluding carboxylic acids is 1. The van der Waals surface area contributed by atoms with E-state index in [1.807, 2.05) is 47.9 Å². The van der Waals surface area contributed by atoms with Crippen molar-refractivity contribution >= 4 is 33.4 Å². The largest absolute Gasteiger partial charge is 0.492 e. The summed E-state index contributed by atoms with van der Waals surface area (Å²) in [5.74, 6) is 0.212. The topological polar surface area (TPSA) is 84.1 Å². The number of hydrogen-bond acceptors (Lipinski definition) is 4. The van der Waals surface area contributed by atoms with Crippen LogP contribution >= 0.6 is 0 Å². The van der Waals surface area contributed by atoms with Crippen LogP contribution in [0.3, 0.4) is 0 Å². The summed E-state index contributed by atoms with van der Waals surface area (Å²) in [6, 6.07) is 21.5. The van der Waals surface area contributed by atoms with Crippen LogP contribution in [-0.2, 0) is 11.3 Å². The smallest absolute Gasteiger partial charge is 0.244 e. The second kappa shape index (κ2) is 8.10. The molecule has 148 valence electrons. The molecule has 0 fully saturated rings. The third kappa shape index (κ3) is 3.49. The zero-order chi connectivity index (χ0) is 21.1. The summed E-state index contributed by atoms with van der Waals surface area (Å²) in [5, 5.41) is 13.1. The molecule has 0 aliphatic heterocycles. The fourth-order valence-electron chi connectivity index (χ4n) is 3.56. The van der Waals surface area contributed by atoms with Crippen LogP contribution in [0.4, 0.5) is 5.69 Å². The number of ether oxygens (including phenoxy) is 1. The lowest BCUT2D eigenvalue weighted by molar-refractivity contribution is -0.116. The average Bonchev–Trinajstić information content (AvgIpc) is 2.78. The van der Waals surface area contributed by atoms with E-state index in [-0.39, 0.29) is 17.9 Å². The molecule has 1 amide bonds. The fourth-order valence-corrected chi connectivity index (χ4v) is 3.56. The Balaban J connectivity index is 1.77. The van der Waals surface area contributed by atoms with E-state index in [9.17, 15) is 14.9 Å². The van der Waals surface area contributed by atoms with Gasteiger partial charge in [0.2, 0.25) is 5.91 Å². The molecule has 0 aliphatic carbocycles. The molecular formula is C24H19N3O3. The number of para-hydroxylation sites is 2. The Kier molecular flexibility index (Phi) is 5.19. The van der Waals surface area contributed by atoms with Gasteiger partial charge < -0.3 is 14.6 Å². The van der Waals surface area contributed by atoms with Crippen LogP contribution in [-0.4, -0.2) is 17.1 Å². The third-order valence-electron chi connectivity index (χ3n) is 4.86. The number of nitrogens with one attached hydrogen (secondary N) is 1. The molecule has 3 aromatic carbocycles. The highest BCUT2D eigenvalue weighted by molar-refractivity contribution is 5.97. The highest BCUT2D eigenvalue weighted by Crippen LogP contribution is 2.26.